The van der Waals surface area contributed by atoms with Gasteiger partial charge in [-0.1, -0.05) is 42.5 Å². The minimum absolute atomic E-state index is 0.000983. The van der Waals surface area contributed by atoms with E-state index < -0.39 is 35.9 Å². The summed E-state index contributed by atoms with van der Waals surface area (Å²) in [5, 5.41) is 3.37. The quantitative estimate of drug-likeness (QED) is 0.157. The second-order valence-electron chi connectivity index (χ2n) is 7.13. The van der Waals surface area contributed by atoms with Crippen LogP contribution in [0.15, 0.2) is 77.9 Å². The molecule has 0 unspecified atom stereocenters. The lowest BCUT2D eigenvalue weighted by atomic mass is 10.0. The molecule has 1 aliphatic rings. The van der Waals surface area contributed by atoms with Gasteiger partial charge in [0, 0.05) is 11.1 Å². The minimum atomic E-state index is -0.771. The number of hydrogen-bond donors (Lipinski definition) is 1. The van der Waals surface area contributed by atoms with E-state index >= 15 is 0 Å². The van der Waals surface area contributed by atoms with Crippen LogP contribution in [0.25, 0.3) is 0 Å². The fourth-order valence-corrected chi connectivity index (χ4v) is 3.57. The van der Waals surface area contributed by atoms with Crippen molar-refractivity contribution in [1.82, 2.24) is 4.90 Å². The lowest BCUT2D eigenvalue weighted by molar-refractivity contribution is -0.118. The highest BCUT2D eigenvalue weighted by Gasteiger charge is 2.37. The highest BCUT2D eigenvalue weighted by molar-refractivity contribution is 6.24. The van der Waals surface area contributed by atoms with E-state index in [0.29, 0.717) is 0 Å². The monoisotopic (exact) mass is 444 g/mol. The van der Waals surface area contributed by atoms with Gasteiger partial charge in [-0.2, -0.15) is 5.10 Å². The van der Waals surface area contributed by atoms with Crippen LogP contribution in [-0.2, 0) is 4.79 Å². The van der Waals surface area contributed by atoms with Crippen molar-refractivity contribution in [2.75, 3.05) is 11.4 Å². The number of carbonyl (C=O) groups excluding carboxylic acids is 4. The van der Waals surface area contributed by atoms with Gasteiger partial charge in [-0.25, -0.2) is 4.39 Å². The van der Waals surface area contributed by atoms with Crippen LogP contribution in [0, 0.1) is 5.82 Å². The molecule has 0 saturated heterocycles. The molecule has 3 amide bonds. The van der Waals surface area contributed by atoms with Crippen LogP contribution >= 0.6 is 0 Å². The zero-order valence-corrected chi connectivity index (χ0v) is 17.1. The lowest BCUT2D eigenvalue weighted by Crippen LogP contribution is -2.43. The number of halogens is 1. The Labute approximate surface area is 187 Å². The number of fused-ring (bicyclic) bond motifs is 1. The fraction of sp³-hybridized carbons (Fsp3) is 0.0417. The molecule has 0 saturated carbocycles. The molecular formula is C24H17FN4O4. The van der Waals surface area contributed by atoms with Crippen molar-refractivity contribution < 1.29 is 23.6 Å². The summed E-state index contributed by atoms with van der Waals surface area (Å²) in [7, 11) is 0. The third kappa shape index (κ3) is 3.99. The molecule has 1 aliphatic heterocycles. The molecule has 0 bridgehead atoms. The van der Waals surface area contributed by atoms with Gasteiger partial charge in [0.2, 0.25) is 0 Å². The summed E-state index contributed by atoms with van der Waals surface area (Å²) >= 11 is 0. The Balaban J connectivity index is 1.69. The second kappa shape index (κ2) is 8.83. The van der Waals surface area contributed by atoms with Crippen molar-refractivity contribution in [1.29, 1.82) is 0 Å². The summed E-state index contributed by atoms with van der Waals surface area (Å²) in [4.78, 5) is 53.2. The number of amides is 3. The molecule has 0 radical (unpaired) electrons. The topological polar surface area (TPSA) is 113 Å². The third-order valence-corrected chi connectivity index (χ3v) is 5.12. The molecule has 164 valence electrons. The first kappa shape index (κ1) is 21.6. The van der Waals surface area contributed by atoms with E-state index in [4.69, 9.17) is 5.84 Å². The van der Waals surface area contributed by atoms with Crippen LogP contribution < -0.4 is 10.7 Å². The molecule has 0 fully saturated rings. The summed E-state index contributed by atoms with van der Waals surface area (Å²) in [6.45, 7) is -0.630. The zero-order chi connectivity index (χ0) is 23.5. The summed E-state index contributed by atoms with van der Waals surface area (Å²) in [6.07, 6.45) is 0.940. The Morgan fingerprint density at radius 3 is 2.15 bits per heavy atom. The fourth-order valence-electron chi connectivity index (χ4n) is 3.57. The largest absolute Gasteiger partial charge is 0.322 e. The van der Waals surface area contributed by atoms with Crippen LogP contribution in [0.1, 0.15) is 36.6 Å². The molecule has 2 N–H and O–H groups in total. The standard InChI is InChI=1S/C24H17FN4O4/c25-16-10-11-20(19(12-16)22(31)15-6-2-1-3-7-15)29(14-27-26)21(30)13-28-23(32)17-8-4-5-9-18(17)24(28)33/h1-12,14H,13,26H2. The molecule has 0 aliphatic carbocycles. The van der Waals surface area contributed by atoms with E-state index in [1.165, 1.54) is 18.2 Å². The number of ketones is 1. The Bertz CT molecular complexity index is 1270. The maximum atomic E-state index is 14.0. The number of carbonyl (C=O) groups is 4. The number of rotatable bonds is 6. The maximum Gasteiger partial charge on any atom is 0.262 e. The second-order valence-corrected chi connectivity index (χ2v) is 7.13. The molecule has 8 nitrogen and oxygen atoms in total. The zero-order valence-electron chi connectivity index (χ0n) is 17.1. The third-order valence-electron chi connectivity index (χ3n) is 5.12. The van der Waals surface area contributed by atoms with Crippen molar-refractivity contribution in [3.05, 3.63) is 101 Å². The number of hydrogen-bond acceptors (Lipinski definition) is 6. The first-order valence-corrected chi connectivity index (χ1v) is 9.82. The molecular weight excluding hydrogens is 427 g/mol. The van der Waals surface area contributed by atoms with Gasteiger partial charge in [0.05, 0.1) is 16.8 Å². The van der Waals surface area contributed by atoms with Crippen LogP contribution in [-0.4, -0.2) is 41.3 Å². The molecule has 33 heavy (non-hydrogen) atoms. The molecule has 0 aromatic heterocycles. The van der Waals surface area contributed by atoms with Crippen LogP contribution in [0.2, 0.25) is 0 Å². The van der Waals surface area contributed by atoms with Crippen molar-refractivity contribution in [2.24, 2.45) is 10.9 Å². The van der Waals surface area contributed by atoms with Gasteiger partial charge in [0.15, 0.2) is 5.78 Å². The van der Waals surface area contributed by atoms with E-state index in [1.54, 1.807) is 42.5 Å². The van der Waals surface area contributed by atoms with E-state index in [2.05, 4.69) is 5.10 Å². The van der Waals surface area contributed by atoms with Gasteiger partial charge >= 0.3 is 0 Å². The van der Waals surface area contributed by atoms with Crippen molar-refractivity contribution in [3.63, 3.8) is 0 Å². The van der Waals surface area contributed by atoms with Crippen molar-refractivity contribution in [2.45, 2.75) is 0 Å². The first-order valence-electron chi connectivity index (χ1n) is 9.82. The smallest absolute Gasteiger partial charge is 0.262 e. The Morgan fingerprint density at radius 2 is 1.55 bits per heavy atom. The number of imide groups is 1. The number of benzene rings is 3. The average molecular weight is 444 g/mol. The van der Waals surface area contributed by atoms with Crippen LogP contribution in [0.3, 0.4) is 0 Å². The van der Waals surface area contributed by atoms with Gasteiger partial charge in [-0.3, -0.25) is 29.0 Å². The lowest BCUT2D eigenvalue weighted by Gasteiger charge is -2.23. The average Bonchev–Trinajstić information content (AvgIpc) is 3.07. The summed E-state index contributed by atoms with van der Waals surface area (Å²) < 4.78 is 14.0. The van der Waals surface area contributed by atoms with Gasteiger partial charge in [-0.15, -0.1) is 0 Å². The van der Waals surface area contributed by atoms with Crippen LogP contribution in [0.5, 0.6) is 0 Å². The van der Waals surface area contributed by atoms with Gasteiger partial charge in [0.1, 0.15) is 18.7 Å². The van der Waals surface area contributed by atoms with E-state index in [-0.39, 0.29) is 27.9 Å². The number of anilines is 1. The number of hydrazone groups is 1. The molecule has 9 heteroatoms. The SMILES string of the molecule is NN=CN(C(=O)CN1C(=O)c2ccccc2C1=O)c1ccc(F)cc1C(=O)c1ccccc1. The minimum Gasteiger partial charge on any atom is -0.322 e. The van der Waals surface area contributed by atoms with E-state index in [1.807, 2.05) is 0 Å². The van der Waals surface area contributed by atoms with Gasteiger partial charge < -0.3 is 5.84 Å². The summed E-state index contributed by atoms with van der Waals surface area (Å²) in [5.41, 5.74) is 0.548. The van der Waals surface area contributed by atoms with Crippen LogP contribution in [0.4, 0.5) is 10.1 Å². The Hall–Kier alpha value is -4.66. The number of nitrogens with zero attached hydrogens (tertiary/aromatic N) is 3. The van der Waals surface area contributed by atoms with E-state index in [9.17, 15) is 23.6 Å². The molecule has 4 rings (SSSR count). The Morgan fingerprint density at radius 1 is 0.939 bits per heavy atom. The van der Waals surface area contributed by atoms with Gasteiger partial charge in [0.25, 0.3) is 17.7 Å². The normalized spacial score (nSPS) is 12.8. The highest BCUT2D eigenvalue weighted by Crippen LogP contribution is 2.26. The summed E-state index contributed by atoms with van der Waals surface area (Å²) in [5.74, 6) is 2.05. The van der Waals surface area contributed by atoms with Crippen molar-refractivity contribution >= 4 is 35.5 Å². The molecule has 0 spiro atoms. The first-order chi connectivity index (χ1) is 15.9. The molecule has 1 heterocycles. The molecule has 3 aromatic carbocycles. The molecule has 0 atom stereocenters. The molecule has 3 aromatic rings. The Kier molecular flexibility index (Phi) is 5.77. The maximum absolute atomic E-state index is 14.0. The predicted molar refractivity (Wildman–Crippen MR) is 118 cm³/mol. The van der Waals surface area contributed by atoms with E-state index in [0.717, 1.165) is 28.3 Å². The number of nitrogens with two attached hydrogens (primary N) is 1. The highest BCUT2D eigenvalue weighted by atomic mass is 19.1. The van der Waals surface area contributed by atoms with Gasteiger partial charge in [-0.05, 0) is 30.3 Å². The van der Waals surface area contributed by atoms with Crippen molar-refractivity contribution in [3.8, 4) is 0 Å². The summed E-state index contributed by atoms with van der Waals surface area (Å²) in [6, 6.07) is 17.7. The predicted octanol–water partition coefficient (Wildman–Crippen LogP) is 2.59.